The second-order valence-electron chi connectivity index (χ2n) is 5.15. The highest BCUT2D eigenvalue weighted by molar-refractivity contribution is 5.93. The van der Waals surface area contributed by atoms with Crippen LogP contribution in [0.4, 0.5) is 0 Å². The van der Waals surface area contributed by atoms with E-state index in [2.05, 4.69) is 0 Å². The van der Waals surface area contributed by atoms with Gasteiger partial charge in [0.15, 0.2) is 0 Å². The van der Waals surface area contributed by atoms with E-state index >= 15 is 0 Å². The zero-order valence-corrected chi connectivity index (χ0v) is 10.6. The number of carboxylic acids is 1. The van der Waals surface area contributed by atoms with E-state index in [1.54, 1.807) is 32.0 Å². The van der Waals surface area contributed by atoms with Crippen molar-refractivity contribution in [1.29, 1.82) is 0 Å². The Balaban J connectivity index is 2.33. The summed E-state index contributed by atoms with van der Waals surface area (Å²) < 4.78 is 1.97. The molecule has 0 bridgehead atoms. The van der Waals surface area contributed by atoms with Gasteiger partial charge in [0.2, 0.25) is 0 Å². The first-order valence-corrected chi connectivity index (χ1v) is 5.91. The van der Waals surface area contributed by atoms with E-state index in [0.29, 0.717) is 13.0 Å². The molecular weight excluding hydrogens is 230 g/mol. The van der Waals surface area contributed by atoms with Crippen LogP contribution in [0.5, 0.6) is 0 Å². The molecule has 2 N–H and O–H groups in total. The van der Waals surface area contributed by atoms with Crippen molar-refractivity contribution in [2.45, 2.75) is 32.4 Å². The first kappa shape index (κ1) is 12.6. The molecule has 1 aromatic heterocycles. The molecule has 18 heavy (non-hydrogen) atoms. The van der Waals surface area contributed by atoms with Crippen molar-refractivity contribution >= 4 is 16.9 Å². The molecule has 0 spiro atoms. The highest BCUT2D eigenvalue weighted by atomic mass is 16.4. The SMILES string of the molecule is CC(C)(O)CCn1ccc2ccc(C(=O)O)cc21. The molecule has 2 rings (SSSR count). The van der Waals surface area contributed by atoms with Gasteiger partial charge in [-0.2, -0.15) is 0 Å². The fraction of sp³-hybridized carbons (Fsp3) is 0.357. The van der Waals surface area contributed by atoms with E-state index in [0.717, 1.165) is 10.9 Å². The van der Waals surface area contributed by atoms with Gasteiger partial charge in [0.25, 0.3) is 0 Å². The minimum atomic E-state index is -0.924. The van der Waals surface area contributed by atoms with E-state index in [1.165, 1.54) is 0 Å². The smallest absolute Gasteiger partial charge is 0.335 e. The molecule has 0 amide bonds. The Morgan fingerprint density at radius 3 is 2.67 bits per heavy atom. The molecule has 96 valence electrons. The molecule has 4 heteroatoms. The van der Waals surface area contributed by atoms with Crippen molar-refractivity contribution in [2.75, 3.05) is 0 Å². The zero-order chi connectivity index (χ0) is 13.3. The normalized spacial score (nSPS) is 11.9. The largest absolute Gasteiger partial charge is 0.478 e. The molecule has 4 nitrogen and oxygen atoms in total. The van der Waals surface area contributed by atoms with Gasteiger partial charge in [0.05, 0.1) is 11.2 Å². The van der Waals surface area contributed by atoms with Gasteiger partial charge < -0.3 is 14.8 Å². The van der Waals surface area contributed by atoms with Crippen LogP contribution in [-0.4, -0.2) is 26.4 Å². The average molecular weight is 247 g/mol. The maximum absolute atomic E-state index is 10.9. The molecule has 2 aromatic rings. The van der Waals surface area contributed by atoms with E-state index < -0.39 is 11.6 Å². The molecule has 0 aliphatic carbocycles. The highest BCUT2D eigenvalue weighted by Gasteiger charge is 2.13. The van der Waals surface area contributed by atoms with Crippen molar-refractivity contribution < 1.29 is 15.0 Å². The van der Waals surface area contributed by atoms with Gasteiger partial charge >= 0.3 is 5.97 Å². The molecule has 0 aliphatic rings. The summed E-state index contributed by atoms with van der Waals surface area (Å²) in [5, 5.41) is 19.7. The molecule has 0 fully saturated rings. The Labute approximate surface area is 105 Å². The van der Waals surface area contributed by atoms with Crippen molar-refractivity contribution in [3.63, 3.8) is 0 Å². The van der Waals surface area contributed by atoms with E-state index in [1.807, 2.05) is 16.8 Å². The molecule has 0 radical (unpaired) electrons. The average Bonchev–Trinajstić information content (AvgIpc) is 2.67. The minimum Gasteiger partial charge on any atom is -0.478 e. The number of fused-ring (bicyclic) bond motifs is 1. The number of aromatic carboxylic acids is 1. The zero-order valence-electron chi connectivity index (χ0n) is 10.6. The van der Waals surface area contributed by atoms with Gasteiger partial charge in [-0.25, -0.2) is 4.79 Å². The number of aryl methyl sites for hydroxylation is 1. The van der Waals surface area contributed by atoms with Gasteiger partial charge in [-0.05, 0) is 43.9 Å². The van der Waals surface area contributed by atoms with Crippen molar-refractivity contribution in [2.24, 2.45) is 0 Å². The van der Waals surface area contributed by atoms with Crippen molar-refractivity contribution in [3.05, 3.63) is 36.0 Å². The lowest BCUT2D eigenvalue weighted by Gasteiger charge is -2.17. The number of carbonyl (C=O) groups is 1. The number of carboxylic acid groups (broad SMARTS) is 1. The third-order valence-electron chi connectivity index (χ3n) is 2.99. The van der Waals surface area contributed by atoms with Crippen LogP contribution in [0, 0.1) is 0 Å². The van der Waals surface area contributed by atoms with Gasteiger partial charge in [-0.1, -0.05) is 6.07 Å². The fourth-order valence-corrected chi connectivity index (χ4v) is 1.91. The molecule has 1 heterocycles. The molecular formula is C14H17NO3. The third kappa shape index (κ3) is 2.71. The van der Waals surface area contributed by atoms with Crippen LogP contribution in [0.3, 0.4) is 0 Å². The summed E-state index contributed by atoms with van der Waals surface area (Å²) in [6, 6.07) is 7.03. The minimum absolute atomic E-state index is 0.283. The summed E-state index contributed by atoms with van der Waals surface area (Å²) in [5.74, 6) is -0.924. The molecule has 0 aliphatic heterocycles. The lowest BCUT2D eigenvalue weighted by atomic mass is 10.1. The number of benzene rings is 1. The number of hydrogen-bond acceptors (Lipinski definition) is 2. The summed E-state index contributed by atoms with van der Waals surface area (Å²) in [7, 11) is 0. The standard InChI is InChI=1S/C14H17NO3/c1-14(2,18)6-8-15-7-5-10-3-4-11(13(16)17)9-12(10)15/h3-5,7,9,18H,6,8H2,1-2H3,(H,16,17). The first-order chi connectivity index (χ1) is 8.37. The Hall–Kier alpha value is -1.81. The summed E-state index contributed by atoms with van der Waals surface area (Å²) in [6.07, 6.45) is 2.54. The molecule has 1 aromatic carbocycles. The van der Waals surface area contributed by atoms with Crippen LogP contribution >= 0.6 is 0 Å². The number of aromatic nitrogens is 1. The summed E-state index contributed by atoms with van der Waals surface area (Å²) in [6.45, 7) is 4.19. The van der Waals surface area contributed by atoms with E-state index in [-0.39, 0.29) is 5.56 Å². The second kappa shape index (κ2) is 4.46. The fourth-order valence-electron chi connectivity index (χ4n) is 1.91. The summed E-state index contributed by atoms with van der Waals surface area (Å²) in [5.41, 5.74) is 0.450. The quantitative estimate of drug-likeness (QED) is 0.872. The molecule has 0 atom stereocenters. The highest BCUT2D eigenvalue weighted by Crippen LogP contribution is 2.19. The van der Waals surface area contributed by atoms with Crippen LogP contribution < -0.4 is 0 Å². The van der Waals surface area contributed by atoms with Crippen LogP contribution in [0.15, 0.2) is 30.5 Å². The van der Waals surface area contributed by atoms with E-state index in [9.17, 15) is 9.90 Å². The maximum atomic E-state index is 10.9. The monoisotopic (exact) mass is 247 g/mol. The topological polar surface area (TPSA) is 62.5 Å². The van der Waals surface area contributed by atoms with Crippen LogP contribution in [-0.2, 0) is 6.54 Å². The van der Waals surface area contributed by atoms with Gasteiger partial charge in [-0.3, -0.25) is 0 Å². The Morgan fingerprint density at radius 1 is 1.33 bits per heavy atom. The molecule has 0 saturated heterocycles. The summed E-state index contributed by atoms with van der Waals surface area (Å²) >= 11 is 0. The van der Waals surface area contributed by atoms with Crippen LogP contribution in [0.2, 0.25) is 0 Å². The predicted octanol–water partition coefficient (Wildman–Crippen LogP) is 2.50. The Morgan fingerprint density at radius 2 is 2.06 bits per heavy atom. The van der Waals surface area contributed by atoms with Gasteiger partial charge in [-0.15, -0.1) is 0 Å². The van der Waals surface area contributed by atoms with Gasteiger partial charge in [0, 0.05) is 18.3 Å². The number of hydrogen-bond donors (Lipinski definition) is 2. The lowest BCUT2D eigenvalue weighted by Crippen LogP contribution is -2.20. The van der Waals surface area contributed by atoms with Crippen molar-refractivity contribution in [1.82, 2.24) is 4.57 Å². The Bertz CT molecular complexity index is 578. The lowest BCUT2D eigenvalue weighted by molar-refractivity contribution is 0.0662. The number of aliphatic hydroxyl groups is 1. The number of rotatable bonds is 4. The molecule has 0 saturated carbocycles. The summed E-state index contributed by atoms with van der Waals surface area (Å²) in [4.78, 5) is 10.9. The van der Waals surface area contributed by atoms with Gasteiger partial charge in [0.1, 0.15) is 0 Å². The van der Waals surface area contributed by atoms with Crippen LogP contribution in [0.1, 0.15) is 30.6 Å². The predicted molar refractivity (Wildman–Crippen MR) is 69.8 cm³/mol. The number of nitrogens with zero attached hydrogens (tertiary/aromatic N) is 1. The van der Waals surface area contributed by atoms with Crippen molar-refractivity contribution in [3.8, 4) is 0 Å². The molecule has 0 unspecified atom stereocenters. The van der Waals surface area contributed by atoms with E-state index in [4.69, 9.17) is 5.11 Å². The Kier molecular flexibility index (Phi) is 3.13. The second-order valence-corrected chi connectivity index (χ2v) is 5.15. The first-order valence-electron chi connectivity index (χ1n) is 5.91. The third-order valence-corrected chi connectivity index (χ3v) is 2.99. The maximum Gasteiger partial charge on any atom is 0.335 e. The van der Waals surface area contributed by atoms with Crippen LogP contribution in [0.25, 0.3) is 10.9 Å².